The molecule has 0 aliphatic rings. The van der Waals surface area contributed by atoms with Gasteiger partial charge < -0.3 is 10.4 Å². The third-order valence-corrected chi connectivity index (χ3v) is 3.82. The van der Waals surface area contributed by atoms with Crippen molar-refractivity contribution in [3.05, 3.63) is 35.4 Å². The van der Waals surface area contributed by atoms with Crippen molar-refractivity contribution < 1.29 is 18.3 Å². The van der Waals surface area contributed by atoms with Gasteiger partial charge in [-0.3, -0.25) is 4.79 Å². The summed E-state index contributed by atoms with van der Waals surface area (Å²) in [7, 11) is -3.08. The molecule has 0 saturated carbocycles. The minimum atomic E-state index is -3.08. The molecule has 0 spiro atoms. The summed E-state index contributed by atoms with van der Waals surface area (Å²) in [6, 6.07) is 6.13. The fraction of sp³-hybridized carbons (Fsp3) is 0.500. The third-order valence-electron chi connectivity index (χ3n) is 2.96. The number of hydrogen-bond donors (Lipinski definition) is 2. The first kappa shape index (κ1) is 16.7. The summed E-state index contributed by atoms with van der Waals surface area (Å²) in [5.74, 6) is -0.183. The number of hydrogen-bond acceptors (Lipinski definition) is 4. The van der Waals surface area contributed by atoms with Crippen molar-refractivity contribution in [1.82, 2.24) is 5.32 Å². The number of sulfone groups is 1. The highest BCUT2D eigenvalue weighted by molar-refractivity contribution is 7.89. The average molecular weight is 299 g/mol. The molecular formula is C14H21NO4S. The molecule has 0 aromatic heterocycles. The van der Waals surface area contributed by atoms with Crippen molar-refractivity contribution in [3.63, 3.8) is 0 Å². The van der Waals surface area contributed by atoms with Crippen LogP contribution in [0.1, 0.15) is 29.8 Å². The fourth-order valence-corrected chi connectivity index (χ4v) is 2.53. The van der Waals surface area contributed by atoms with Gasteiger partial charge in [-0.05, 0) is 23.6 Å². The van der Waals surface area contributed by atoms with Crippen molar-refractivity contribution >= 4 is 15.7 Å². The fourth-order valence-electron chi connectivity index (χ4n) is 1.73. The molecule has 6 heteroatoms. The zero-order valence-electron chi connectivity index (χ0n) is 12.0. The molecule has 0 saturated heterocycles. The summed E-state index contributed by atoms with van der Waals surface area (Å²) < 4.78 is 22.3. The van der Waals surface area contributed by atoms with Crippen LogP contribution >= 0.6 is 0 Å². The molecule has 112 valence electrons. The van der Waals surface area contributed by atoms with E-state index in [0.717, 1.165) is 0 Å². The Morgan fingerprint density at radius 2 is 1.80 bits per heavy atom. The van der Waals surface area contributed by atoms with Crippen LogP contribution in [0, 0.1) is 5.92 Å². The van der Waals surface area contributed by atoms with Crippen LogP contribution in [0.2, 0.25) is 0 Å². The summed E-state index contributed by atoms with van der Waals surface area (Å²) in [4.78, 5) is 12.0. The van der Waals surface area contributed by atoms with Gasteiger partial charge in [0.1, 0.15) is 0 Å². The molecule has 0 bridgehead atoms. The minimum absolute atomic E-state index is 0.0415. The number of amides is 1. The molecule has 1 rings (SSSR count). The molecule has 0 radical (unpaired) electrons. The standard InChI is InChI=1S/C14H21NO4S/c1-10(2)13(8-16)15-14(17)12-6-4-11(5-7-12)9-20(3,18)19/h4-7,10,13,16H,8-9H2,1-3H3,(H,15,17)/t13-/m1/s1. The van der Waals surface area contributed by atoms with Crippen LogP contribution in [0.4, 0.5) is 0 Å². The lowest BCUT2D eigenvalue weighted by Gasteiger charge is -2.19. The van der Waals surface area contributed by atoms with E-state index in [0.29, 0.717) is 11.1 Å². The van der Waals surface area contributed by atoms with Crippen LogP contribution in [-0.2, 0) is 15.6 Å². The van der Waals surface area contributed by atoms with Crippen molar-refractivity contribution in [2.24, 2.45) is 5.92 Å². The van der Waals surface area contributed by atoms with Crippen molar-refractivity contribution in [1.29, 1.82) is 0 Å². The maximum Gasteiger partial charge on any atom is 0.251 e. The van der Waals surface area contributed by atoms with Crippen molar-refractivity contribution in [2.45, 2.75) is 25.6 Å². The van der Waals surface area contributed by atoms with Crippen LogP contribution < -0.4 is 5.32 Å². The zero-order chi connectivity index (χ0) is 15.3. The van der Waals surface area contributed by atoms with Crippen LogP contribution in [-0.4, -0.2) is 38.3 Å². The van der Waals surface area contributed by atoms with E-state index < -0.39 is 9.84 Å². The number of carbonyl (C=O) groups is 1. The second kappa shape index (κ2) is 6.85. The molecule has 5 nitrogen and oxygen atoms in total. The Hall–Kier alpha value is -1.40. The molecule has 1 aromatic rings. The lowest BCUT2D eigenvalue weighted by molar-refractivity contribution is 0.0897. The van der Waals surface area contributed by atoms with Gasteiger partial charge in [0.2, 0.25) is 0 Å². The summed E-state index contributed by atoms with van der Waals surface area (Å²) in [5.41, 5.74) is 1.09. The van der Waals surface area contributed by atoms with E-state index in [1.807, 2.05) is 13.8 Å². The zero-order valence-corrected chi connectivity index (χ0v) is 12.8. The number of carbonyl (C=O) groups excluding carboxylic acids is 1. The molecule has 0 unspecified atom stereocenters. The third kappa shape index (κ3) is 5.30. The number of benzene rings is 1. The van der Waals surface area contributed by atoms with Gasteiger partial charge in [0.05, 0.1) is 18.4 Å². The number of aliphatic hydroxyl groups is 1. The topological polar surface area (TPSA) is 83.5 Å². The van der Waals surface area contributed by atoms with E-state index in [1.54, 1.807) is 24.3 Å². The number of aliphatic hydroxyl groups excluding tert-OH is 1. The lowest BCUT2D eigenvalue weighted by Crippen LogP contribution is -2.41. The Morgan fingerprint density at radius 1 is 1.25 bits per heavy atom. The Morgan fingerprint density at radius 3 is 2.20 bits per heavy atom. The van der Waals surface area contributed by atoms with Crippen LogP contribution in [0.25, 0.3) is 0 Å². The van der Waals surface area contributed by atoms with E-state index in [-0.39, 0.29) is 30.2 Å². The summed E-state index contributed by atoms with van der Waals surface area (Å²) in [6.45, 7) is 3.71. The molecule has 0 aliphatic heterocycles. The van der Waals surface area contributed by atoms with Crippen LogP contribution in [0.3, 0.4) is 0 Å². The molecule has 1 amide bonds. The predicted molar refractivity (Wildman–Crippen MR) is 78.2 cm³/mol. The van der Waals surface area contributed by atoms with E-state index in [2.05, 4.69) is 5.32 Å². The smallest absolute Gasteiger partial charge is 0.251 e. The monoisotopic (exact) mass is 299 g/mol. The summed E-state index contributed by atoms with van der Waals surface area (Å²) >= 11 is 0. The molecule has 2 N–H and O–H groups in total. The van der Waals surface area contributed by atoms with E-state index in [4.69, 9.17) is 0 Å². The van der Waals surface area contributed by atoms with Gasteiger partial charge in [0, 0.05) is 11.8 Å². The van der Waals surface area contributed by atoms with Gasteiger partial charge >= 0.3 is 0 Å². The maximum atomic E-state index is 12.0. The highest BCUT2D eigenvalue weighted by Gasteiger charge is 2.16. The molecule has 0 fully saturated rings. The molecule has 20 heavy (non-hydrogen) atoms. The Kier molecular flexibility index (Phi) is 5.71. The Balaban J connectivity index is 2.75. The Labute approximate surface area is 119 Å². The molecule has 1 aromatic carbocycles. The van der Waals surface area contributed by atoms with E-state index >= 15 is 0 Å². The first-order chi connectivity index (χ1) is 9.23. The van der Waals surface area contributed by atoms with E-state index in [1.165, 1.54) is 6.26 Å². The first-order valence-corrected chi connectivity index (χ1v) is 8.47. The van der Waals surface area contributed by atoms with Gasteiger partial charge in [-0.25, -0.2) is 8.42 Å². The molecule has 0 heterocycles. The molecular weight excluding hydrogens is 278 g/mol. The van der Waals surface area contributed by atoms with Crippen LogP contribution in [0.15, 0.2) is 24.3 Å². The number of rotatable bonds is 6. The maximum absolute atomic E-state index is 12.0. The van der Waals surface area contributed by atoms with Gasteiger partial charge in [0.25, 0.3) is 5.91 Å². The second-order valence-corrected chi connectivity index (χ2v) is 7.41. The highest BCUT2D eigenvalue weighted by Crippen LogP contribution is 2.09. The van der Waals surface area contributed by atoms with Gasteiger partial charge in [-0.15, -0.1) is 0 Å². The van der Waals surface area contributed by atoms with Gasteiger partial charge in [-0.1, -0.05) is 26.0 Å². The van der Waals surface area contributed by atoms with E-state index in [9.17, 15) is 18.3 Å². The first-order valence-electron chi connectivity index (χ1n) is 6.41. The normalized spacial score (nSPS) is 13.2. The van der Waals surface area contributed by atoms with Crippen LogP contribution in [0.5, 0.6) is 0 Å². The highest BCUT2D eigenvalue weighted by atomic mass is 32.2. The largest absolute Gasteiger partial charge is 0.394 e. The second-order valence-electron chi connectivity index (χ2n) is 5.27. The number of nitrogens with one attached hydrogen (secondary N) is 1. The molecule has 1 atom stereocenters. The lowest BCUT2D eigenvalue weighted by atomic mass is 10.0. The van der Waals surface area contributed by atoms with Crippen molar-refractivity contribution in [2.75, 3.05) is 12.9 Å². The summed E-state index contributed by atoms with van der Waals surface area (Å²) in [5, 5.41) is 11.9. The average Bonchev–Trinajstić information content (AvgIpc) is 2.34. The quantitative estimate of drug-likeness (QED) is 0.820. The molecule has 0 aliphatic carbocycles. The van der Waals surface area contributed by atoms with Crippen molar-refractivity contribution in [3.8, 4) is 0 Å². The predicted octanol–water partition coefficient (Wildman–Crippen LogP) is 0.978. The Bertz CT molecular complexity index is 549. The SMILES string of the molecule is CC(C)[C@@H](CO)NC(=O)c1ccc(CS(C)(=O)=O)cc1. The summed E-state index contributed by atoms with van der Waals surface area (Å²) in [6.07, 6.45) is 1.17. The minimum Gasteiger partial charge on any atom is -0.394 e. The van der Waals surface area contributed by atoms with Gasteiger partial charge in [0.15, 0.2) is 9.84 Å². The van der Waals surface area contributed by atoms with Gasteiger partial charge in [-0.2, -0.15) is 0 Å².